The van der Waals surface area contributed by atoms with Gasteiger partial charge in [0.25, 0.3) is 0 Å². The third-order valence-electron chi connectivity index (χ3n) is 4.15. The second kappa shape index (κ2) is 7.45. The van der Waals surface area contributed by atoms with Crippen molar-refractivity contribution in [2.45, 2.75) is 0 Å². The second-order valence-electron chi connectivity index (χ2n) is 5.84. The molecule has 3 heterocycles. The van der Waals surface area contributed by atoms with Gasteiger partial charge in [-0.25, -0.2) is 9.78 Å². The van der Waals surface area contributed by atoms with E-state index in [1.807, 2.05) is 18.2 Å². The Hall–Kier alpha value is -3.78. The van der Waals surface area contributed by atoms with Crippen LogP contribution < -0.4 is 5.73 Å². The Morgan fingerprint density at radius 1 is 0.964 bits per heavy atom. The molecule has 7 nitrogen and oxygen atoms in total. The second-order valence-corrected chi connectivity index (χ2v) is 6.75. The van der Waals surface area contributed by atoms with Crippen LogP contribution in [0.15, 0.2) is 66.6 Å². The van der Waals surface area contributed by atoms with Crippen LogP contribution in [0.3, 0.4) is 0 Å². The number of benzene rings is 2. The van der Waals surface area contributed by atoms with Gasteiger partial charge >= 0.3 is 5.97 Å². The molecule has 0 bridgehead atoms. The van der Waals surface area contributed by atoms with Crippen molar-refractivity contribution in [1.82, 2.24) is 19.9 Å². The summed E-state index contributed by atoms with van der Waals surface area (Å²) in [6.07, 6.45) is 6.39. The Kier molecular flexibility index (Phi) is 4.69. The Balaban J connectivity index is 0.000000275. The van der Waals surface area contributed by atoms with Crippen molar-refractivity contribution in [2.75, 3.05) is 5.73 Å². The predicted octanol–water partition coefficient (Wildman–Crippen LogP) is 4.20. The fourth-order valence-electron chi connectivity index (χ4n) is 2.91. The van der Waals surface area contributed by atoms with Gasteiger partial charge in [-0.3, -0.25) is 9.97 Å². The first-order valence-electron chi connectivity index (χ1n) is 8.33. The smallest absolute Gasteiger partial charge is 0.337 e. The quantitative estimate of drug-likeness (QED) is 0.416. The van der Waals surface area contributed by atoms with Crippen LogP contribution in [0.4, 0.5) is 5.95 Å². The summed E-state index contributed by atoms with van der Waals surface area (Å²) in [5.74, 6) is -0.526. The molecule has 0 atom stereocenters. The number of anilines is 1. The first kappa shape index (κ1) is 17.6. The topological polar surface area (TPSA) is 118 Å². The molecule has 0 saturated carbocycles. The molecular formula is C20H15N5O2S. The fourth-order valence-corrected chi connectivity index (χ4v) is 3.87. The highest BCUT2D eigenvalue weighted by Crippen LogP contribution is 2.37. The highest BCUT2D eigenvalue weighted by atomic mass is 32.1. The third-order valence-corrected chi connectivity index (χ3v) is 5.11. The van der Waals surface area contributed by atoms with Crippen molar-refractivity contribution in [3.8, 4) is 11.1 Å². The van der Waals surface area contributed by atoms with Gasteiger partial charge in [0.15, 0.2) is 5.95 Å². The molecule has 4 N–H and O–H groups in total. The summed E-state index contributed by atoms with van der Waals surface area (Å²) in [4.78, 5) is 26.2. The van der Waals surface area contributed by atoms with Crippen molar-refractivity contribution < 1.29 is 9.90 Å². The van der Waals surface area contributed by atoms with Gasteiger partial charge in [0, 0.05) is 46.0 Å². The number of nitrogens with two attached hydrogens (primary N) is 1. The van der Waals surface area contributed by atoms with Crippen LogP contribution in [0, 0.1) is 0 Å². The zero-order valence-corrected chi connectivity index (χ0v) is 15.4. The predicted molar refractivity (Wildman–Crippen MR) is 110 cm³/mol. The number of carboxylic acids is 1. The number of aromatic amines is 1. The third kappa shape index (κ3) is 3.28. The first-order valence-corrected chi connectivity index (χ1v) is 9.21. The lowest BCUT2D eigenvalue weighted by atomic mass is 10.0. The number of hydrogen-bond donors (Lipinski definition) is 3. The minimum atomic E-state index is -0.993. The number of nitrogens with one attached hydrogen (secondary N) is 1. The Morgan fingerprint density at radius 3 is 2.43 bits per heavy atom. The molecule has 0 fully saturated rings. The van der Waals surface area contributed by atoms with E-state index in [1.54, 1.807) is 36.0 Å². The first-order chi connectivity index (χ1) is 13.6. The van der Waals surface area contributed by atoms with Gasteiger partial charge in [-0.15, -0.1) is 11.3 Å². The van der Waals surface area contributed by atoms with Gasteiger partial charge in [-0.05, 0) is 17.5 Å². The summed E-state index contributed by atoms with van der Waals surface area (Å²) in [6.45, 7) is 0. The number of thiophene rings is 1. The van der Waals surface area contributed by atoms with Crippen molar-refractivity contribution >= 4 is 44.4 Å². The lowest BCUT2D eigenvalue weighted by Crippen LogP contribution is -2.00. The zero-order valence-electron chi connectivity index (χ0n) is 14.5. The van der Waals surface area contributed by atoms with E-state index in [9.17, 15) is 9.90 Å². The van der Waals surface area contributed by atoms with Crippen LogP contribution in [0.1, 0.15) is 10.4 Å². The van der Waals surface area contributed by atoms with Crippen LogP contribution in [-0.4, -0.2) is 31.0 Å². The molecule has 28 heavy (non-hydrogen) atoms. The minimum Gasteiger partial charge on any atom is -0.478 e. The molecule has 0 spiro atoms. The van der Waals surface area contributed by atoms with E-state index in [0.29, 0.717) is 17.0 Å². The van der Waals surface area contributed by atoms with E-state index in [4.69, 9.17) is 5.73 Å². The lowest BCUT2D eigenvalue weighted by Gasteiger charge is -2.07. The molecule has 8 heteroatoms. The van der Waals surface area contributed by atoms with Crippen LogP contribution in [0.25, 0.3) is 32.2 Å². The maximum atomic E-state index is 11.4. The fraction of sp³-hybridized carbons (Fsp3) is 0. The van der Waals surface area contributed by atoms with Crippen LogP contribution >= 0.6 is 11.3 Å². The van der Waals surface area contributed by atoms with E-state index >= 15 is 0 Å². The van der Waals surface area contributed by atoms with E-state index in [2.05, 4.69) is 37.4 Å². The van der Waals surface area contributed by atoms with Crippen LogP contribution in [0.5, 0.6) is 0 Å². The molecule has 0 saturated heterocycles. The van der Waals surface area contributed by atoms with Gasteiger partial charge in [-0.1, -0.05) is 24.3 Å². The van der Waals surface area contributed by atoms with Gasteiger partial charge in [0.05, 0.1) is 11.1 Å². The van der Waals surface area contributed by atoms with Crippen LogP contribution in [-0.2, 0) is 0 Å². The molecule has 0 aliphatic rings. The van der Waals surface area contributed by atoms with Crippen molar-refractivity contribution in [1.29, 1.82) is 0 Å². The Morgan fingerprint density at radius 2 is 1.75 bits per heavy atom. The number of carboxylic acid groups (broad SMARTS) is 1. The molecule has 2 aromatic carbocycles. The number of nitrogen functional groups attached to an aromatic ring is 1. The average Bonchev–Trinajstić information content (AvgIpc) is 3.36. The number of fused-ring (bicyclic) bond motifs is 2. The number of carbonyl (C=O) groups is 1. The van der Waals surface area contributed by atoms with E-state index in [1.165, 1.54) is 10.9 Å². The van der Waals surface area contributed by atoms with Gasteiger partial charge in [-0.2, -0.15) is 0 Å². The Labute approximate surface area is 163 Å². The molecule has 0 unspecified atom stereocenters. The standard InChI is InChI=1S/C17H10N2O2S.C3H5N3/c20-17(21)12-6-5-11(15-16(12)19-8-7-18-15)13-9-22-14-4-2-1-3-10(13)14;4-3-5-1-2-6-3/h1-9H,(H,20,21);1-2H,(H3,4,5,6). The van der Waals surface area contributed by atoms with Crippen molar-refractivity contribution in [3.63, 3.8) is 0 Å². The largest absolute Gasteiger partial charge is 0.478 e. The summed E-state index contributed by atoms with van der Waals surface area (Å²) < 4.78 is 1.19. The summed E-state index contributed by atoms with van der Waals surface area (Å²) in [5.41, 5.74) is 8.29. The number of imidazole rings is 1. The number of nitrogens with zero attached hydrogens (tertiary/aromatic N) is 3. The highest BCUT2D eigenvalue weighted by molar-refractivity contribution is 7.17. The van der Waals surface area contributed by atoms with Crippen molar-refractivity contribution in [2.24, 2.45) is 0 Å². The average molecular weight is 389 g/mol. The SMILES string of the molecule is Nc1ncc[nH]1.O=C(O)c1ccc(-c2csc3ccccc23)c2nccnc12. The summed E-state index contributed by atoms with van der Waals surface area (Å²) in [5, 5.41) is 12.5. The van der Waals surface area contributed by atoms with Gasteiger partial charge in [0.2, 0.25) is 0 Å². The molecule has 0 aliphatic heterocycles. The van der Waals surface area contributed by atoms with E-state index in [0.717, 1.165) is 16.5 Å². The molecule has 5 rings (SSSR count). The van der Waals surface area contributed by atoms with E-state index < -0.39 is 5.97 Å². The van der Waals surface area contributed by atoms with E-state index in [-0.39, 0.29) is 5.56 Å². The number of aromatic nitrogens is 4. The normalized spacial score (nSPS) is 10.6. The monoisotopic (exact) mass is 389 g/mol. The van der Waals surface area contributed by atoms with Gasteiger partial charge < -0.3 is 15.8 Å². The lowest BCUT2D eigenvalue weighted by molar-refractivity contribution is 0.0699. The molecule has 138 valence electrons. The Bertz CT molecular complexity index is 1260. The van der Waals surface area contributed by atoms with Crippen molar-refractivity contribution in [3.05, 3.63) is 72.1 Å². The minimum absolute atomic E-state index is 0.173. The molecule has 0 aliphatic carbocycles. The number of rotatable bonds is 2. The molecule has 0 radical (unpaired) electrons. The molecular weight excluding hydrogens is 374 g/mol. The summed E-state index contributed by atoms with van der Waals surface area (Å²) in [7, 11) is 0. The molecule has 3 aromatic heterocycles. The molecule has 0 amide bonds. The van der Waals surface area contributed by atoms with Crippen LogP contribution in [0.2, 0.25) is 0 Å². The molecule has 5 aromatic rings. The van der Waals surface area contributed by atoms with Gasteiger partial charge in [0.1, 0.15) is 5.52 Å². The number of aromatic carboxylic acids is 1. The number of hydrogen-bond acceptors (Lipinski definition) is 6. The highest BCUT2D eigenvalue weighted by Gasteiger charge is 2.16. The maximum Gasteiger partial charge on any atom is 0.337 e. The maximum absolute atomic E-state index is 11.4. The summed E-state index contributed by atoms with van der Waals surface area (Å²) in [6, 6.07) is 11.6. The summed E-state index contributed by atoms with van der Waals surface area (Å²) >= 11 is 1.66. The zero-order chi connectivity index (χ0) is 19.5. The number of H-pyrrole nitrogens is 1.